The van der Waals surface area contributed by atoms with Crippen LogP contribution in [0.2, 0.25) is 0 Å². The first-order valence-electron chi connectivity index (χ1n) is 10.8. The van der Waals surface area contributed by atoms with Crippen molar-refractivity contribution in [3.05, 3.63) is 69.2 Å². The molecule has 0 N–H and O–H groups in total. The van der Waals surface area contributed by atoms with Gasteiger partial charge in [-0.15, -0.1) is 11.3 Å². The van der Waals surface area contributed by atoms with Crippen molar-refractivity contribution < 1.29 is 9.53 Å². The van der Waals surface area contributed by atoms with Crippen LogP contribution in [0.5, 0.6) is 5.75 Å². The lowest BCUT2D eigenvalue weighted by atomic mass is 10.1. The molecule has 4 rings (SSSR count). The summed E-state index contributed by atoms with van der Waals surface area (Å²) in [7, 11) is 0. The van der Waals surface area contributed by atoms with E-state index in [1.165, 1.54) is 22.5 Å². The molecule has 1 aliphatic heterocycles. The lowest BCUT2D eigenvalue weighted by molar-refractivity contribution is 0.0633. The summed E-state index contributed by atoms with van der Waals surface area (Å²) < 4.78 is 7.94. The molecule has 6 nitrogen and oxygen atoms in total. The highest BCUT2D eigenvalue weighted by molar-refractivity contribution is 7.12. The SMILES string of the molecule is CCn1cc(CN2CCN(C(=O)c3cc(COc4cccc(C)c4C)cs3)CC2)cn1. The van der Waals surface area contributed by atoms with E-state index in [4.69, 9.17) is 4.74 Å². The second-order valence-electron chi connectivity index (χ2n) is 8.08. The number of thiophene rings is 1. The van der Waals surface area contributed by atoms with Gasteiger partial charge in [-0.1, -0.05) is 12.1 Å². The number of nitrogens with zero attached hydrogens (tertiary/aromatic N) is 4. The van der Waals surface area contributed by atoms with Gasteiger partial charge in [-0.2, -0.15) is 5.10 Å². The molecule has 31 heavy (non-hydrogen) atoms. The zero-order valence-electron chi connectivity index (χ0n) is 18.5. The third-order valence-electron chi connectivity index (χ3n) is 5.89. The van der Waals surface area contributed by atoms with Gasteiger partial charge in [-0.25, -0.2) is 0 Å². The van der Waals surface area contributed by atoms with Crippen molar-refractivity contribution in [2.45, 2.75) is 40.5 Å². The van der Waals surface area contributed by atoms with Crippen LogP contribution in [0.4, 0.5) is 0 Å². The number of hydrogen-bond donors (Lipinski definition) is 0. The highest BCUT2D eigenvalue weighted by atomic mass is 32.1. The van der Waals surface area contributed by atoms with E-state index in [2.05, 4.69) is 43.0 Å². The molecule has 1 aliphatic rings. The average Bonchev–Trinajstić information content (AvgIpc) is 3.44. The molecular formula is C24H30N4O2S. The van der Waals surface area contributed by atoms with Crippen LogP contribution >= 0.6 is 11.3 Å². The number of ether oxygens (including phenoxy) is 1. The number of aryl methyl sites for hydroxylation is 2. The molecule has 3 heterocycles. The maximum atomic E-state index is 13.0. The number of carbonyl (C=O) groups excluding carboxylic acids is 1. The Kier molecular flexibility index (Phi) is 6.73. The molecule has 0 spiro atoms. The minimum Gasteiger partial charge on any atom is -0.489 e. The van der Waals surface area contributed by atoms with Crippen molar-refractivity contribution >= 4 is 17.2 Å². The molecule has 7 heteroatoms. The molecule has 2 aromatic heterocycles. The summed E-state index contributed by atoms with van der Waals surface area (Å²) >= 11 is 1.51. The quantitative estimate of drug-likeness (QED) is 0.557. The Labute approximate surface area is 188 Å². The van der Waals surface area contributed by atoms with Crippen molar-refractivity contribution in [3.8, 4) is 5.75 Å². The first-order valence-corrected chi connectivity index (χ1v) is 11.7. The number of hydrogen-bond acceptors (Lipinski definition) is 5. The Morgan fingerprint density at radius 1 is 1.16 bits per heavy atom. The number of aromatic nitrogens is 2. The fourth-order valence-corrected chi connectivity index (χ4v) is 4.65. The molecule has 164 valence electrons. The van der Waals surface area contributed by atoms with E-state index in [0.29, 0.717) is 6.61 Å². The van der Waals surface area contributed by atoms with Gasteiger partial charge >= 0.3 is 0 Å². The van der Waals surface area contributed by atoms with E-state index in [-0.39, 0.29) is 5.91 Å². The molecule has 0 radical (unpaired) electrons. The third-order valence-corrected chi connectivity index (χ3v) is 6.86. The van der Waals surface area contributed by atoms with Crippen LogP contribution in [-0.4, -0.2) is 51.7 Å². The molecule has 0 bridgehead atoms. The van der Waals surface area contributed by atoms with Gasteiger partial charge in [-0.05, 0) is 49.4 Å². The highest BCUT2D eigenvalue weighted by Gasteiger charge is 2.23. The topological polar surface area (TPSA) is 50.6 Å². The van der Waals surface area contributed by atoms with E-state index in [1.807, 2.05) is 39.4 Å². The predicted molar refractivity (Wildman–Crippen MR) is 124 cm³/mol. The Morgan fingerprint density at radius 3 is 2.71 bits per heavy atom. The normalized spacial score (nSPS) is 14.7. The smallest absolute Gasteiger partial charge is 0.264 e. The van der Waals surface area contributed by atoms with Gasteiger partial charge in [0, 0.05) is 56.6 Å². The Morgan fingerprint density at radius 2 is 1.97 bits per heavy atom. The molecule has 3 aromatic rings. The van der Waals surface area contributed by atoms with Crippen molar-refractivity contribution in [2.24, 2.45) is 0 Å². The summed E-state index contributed by atoms with van der Waals surface area (Å²) in [5.74, 6) is 1.03. The number of rotatable bonds is 7. The van der Waals surface area contributed by atoms with Crippen LogP contribution in [0, 0.1) is 13.8 Å². The lowest BCUT2D eigenvalue weighted by Gasteiger charge is -2.34. The number of carbonyl (C=O) groups is 1. The maximum absolute atomic E-state index is 13.0. The van der Waals surface area contributed by atoms with E-state index < -0.39 is 0 Å². The van der Waals surface area contributed by atoms with E-state index in [9.17, 15) is 4.79 Å². The van der Waals surface area contributed by atoms with Gasteiger partial charge in [0.25, 0.3) is 5.91 Å². The van der Waals surface area contributed by atoms with Crippen LogP contribution in [0.1, 0.15) is 38.8 Å². The highest BCUT2D eigenvalue weighted by Crippen LogP contribution is 2.24. The van der Waals surface area contributed by atoms with Crippen molar-refractivity contribution in [1.82, 2.24) is 19.6 Å². The maximum Gasteiger partial charge on any atom is 0.264 e. The van der Waals surface area contributed by atoms with Gasteiger partial charge in [0.15, 0.2) is 0 Å². The van der Waals surface area contributed by atoms with Crippen LogP contribution in [0.25, 0.3) is 0 Å². The summed E-state index contributed by atoms with van der Waals surface area (Å²) in [4.78, 5) is 18.1. The largest absolute Gasteiger partial charge is 0.489 e. The molecule has 0 saturated carbocycles. The zero-order valence-corrected chi connectivity index (χ0v) is 19.3. The first kappa shape index (κ1) is 21.6. The molecule has 1 fully saturated rings. The number of piperazine rings is 1. The Bertz CT molecular complexity index is 1030. The second-order valence-corrected chi connectivity index (χ2v) is 8.99. The van der Waals surface area contributed by atoms with Gasteiger partial charge in [-0.3, -0.25) is 14.4 Å². The Hall–Kier alpha value is -2.64. The molecule has 0 atom stereocenters. The van der Waals surface area contributed by atoms with Gasteiger partial charge in [0.2, 0.25) is 0 Å². The fourth-order valence-electron chi connectivity index (χ4n) is 3.79. The molecule has 0 aliphatic carbocycles. The molecule has 1 saturated heterocycles. The third kappa shape index (κ3) is 5.17. The lowest BCUT2D eigenvalue weighted by Crippen LogP contribution is -2.48. The standard InChI is InChI=1S/C24H30N4O2S/c1-4-28-15-21(13-25-28)14-26-8-10-27(11-9-26)24(29)23-12-20(17-31-23)16-30-22-7-5-6-18(2)19(22)3/h5-7,12-13,15,17H,4,8-11,14,16H2,1-3H3. The molecule has 1 amide bonds. The minimum atomic E-state index is 0.126. The summed E-state index contributed by atoms with van der Waals surface area (Å²) in [5, 5.41) is 6.37. The van der Waals surface area contributed by atoms with E-state index in [0.717, 1.165) is 61.0 Å². The second kappa shape index (κ2) is 9.66. The minimum absolute atomic E-state index is 0.126. The van der Waals surface area contributed by atoms with Crippen LogP contribution < -0.4 is 4.74 Å². The summed E-state index contributed by atoms with van der Waals surface area (Å²) in [6.45, 7) is 11.8. The van der Waals surface area contributed by atoms with Crippen LogP contribution in [-0.2, 0) is 19.7 Å². The summed E-state index contributed by atoms with van der Waals surface area (Å²) in [5.41, 5.74) is 4.65. The van der Waals surface area contributed by atoms with Gasteiger partial charge < -0.3 is 9.64 Å². The van der Waals surface area contributed by atoms with Crippen molar-refractivity contribution in [1.29, 1.82) is 0 Å². The number of benzene rings is 1. The summed E-state index contributed by atoms with van der Waals surface area (Å²) in [6, 6.07) is 8.06. The zero-order chi connectivity index (χ0) is 21.8. The first-order chi connectivity index (χ1) is 15.0. The predicted octanol–water partition coefficient (Wildman–Crippen LogP) is 4.12. The van der Waals surface area contributed by atoms with E-state index >= 15 is 0 Å². The molecule has 1 aromatic carbocycles. The summed E-state index contributed by atoms with van der Waals surface area (Å²) in [6.07, 6.45) is 4.04. The van der Waals surface area contributed by atoms with Crippen molar-refractivity contribution in [3.63, 3.8) is 0 Å². The molecular weight excluding hydrogens is 408 g/mol. The average molecular weight is 439 g/mol. The van der Waals surface area contributed by atoms with Crippen LogP contribution in [0.15, 0.2) is 42.0 Å². The monoisotopic (exact) mass is 438 g/mol. The van der Waals surface area contributed by atoms with Crippen LogP contribution in [0.3, 0.4) is 0 Å². The number of amides is 1. The van der Waals surface area contributed by atoms with E-state index in [1.54, 1.807) is 0 Å². The van der Waals surface area contributed by atoms with Crippen molar-refractivity contribution in [2.75, 3.05) is 26.2 Å². The van der Waals surface area contributed by atoms with Gasteiger partial charge in [0.05, 0.1) is 11.1 Å². The Balaban J connectivity index is 1.28. The molecule has 0 unspecified atom stereocenters. The fraction of sp³-hybridized carbons (Fsp3) is 0.417. The van der Waals surface area contributed by atoms with Gasteiger partial charge in [0.1, 0.15) is 12.4 Å².